The summed E-state index contributed by atoms with van der Waals surface area (Å²) in [6, 6.07) is 8.55. The van der Waals surface area contributed by atoms with Crippen molar-refractivity contribution in [2.45, 2.75) is 24.7 Å². The summed E-state index contributed by atoms with van der Waals surface area (Å²) >= 11 is 1.72. The molecule has 0 saturated heterocycles. The van der Waals surface area contributed by atoms with Crippen LogP contribution in [0.2, 0.25) is 0 Å². The van der Waals surface area contributed by atoms with Gasteiger partial charge in [0.25, 0.3) is 0 Å². The zero-order valence-electron chi connectivity index (χ0n) is 9.05. The molecular formula is C11H15N3S. The van der Waals surface area contributed by atoms with E-state index in [1.54, 1.807) is 11.8 Å². The molecule has 0 heterocycles. The summed E-state index contributed by atoms with van der Waals surface area (Å²) in [6.07, 6.45) is 0. The van der Waals surface area contributed by atoms with E-state index in [1.807, 2.05) is 0 Å². The Labute approximate surface area is 94.5 Å². The second-order valence-electron chi connectivity index (χ2n) is 3.53. The molecular weight excluding hydrogens is 206 g/mol. The minimum absolute atomic E-state index is 0.549. The summed E-state index contributed by atoms with van der Waals surface area (Å²) in [4.78, 5) is 3.95. The number of hydrogen-bond acceptors (Lipinski definition) is 2. The van der Waals surface area contributed by atoms with E-state index in [0.717, 1.165) is 5.75 Å². The number of benzene rings is 1. The highest BCUT2D eigenvalue weighted by Gasteiger charge is 1.98. The molecule has 4 heteroatoms. The van der Waals surface area contributed by atoms with Gasteiger partial charge in [-0.25, -0.2) is 0 Å². The molecule has 1 aromatic carbocycles. The van der Waals surface area contributed by atoms with Gasteiger partial charge in [-0.2, -0.15) is 0 Å². The first-order valence-electron chi connectivity index (χ1n) is 4.97. The Morgan fingerprint density at radius 2 is 2.00 bits per heavy atom. The van der Waals surface area contributed by atoms with Gasteiger partial charge < -0.3 is 0 Å². The fraction of sp³-hybridized carbons (Fsp3) is 0.455. The third-order valence-corrected chi connectivity index (χ3v) is 3.06. The Hall–Kier alpha value is -1.12. The molecule has 1 aromatic rings. The van der Waals surface area contributed by atoms with Gasteiger partial charge in [0.15, 0.2) is 0 Å². The molecule has 15 heavy (non-hydrogen) atoms. The highest BCUT2D eigenvalue weighted by molar-refractivity contribution is 7.99. The lowest BCUT2D eigenvalue weighted by Crippen LogP contribution is -1.87. The molecule has 0 unspecified atom stereocenters. The fourth-order valence-electron chi connectivity index (χ4n) is 1.20. The van der Waals surface area contributed by atoms with Crippen LogP contribution in [-0.4, -0.2) is 12.3 Å². The van der Waals surface area contributed by atoms with E-state index in [4.69, 9.17) is 5.53 Å². The Kier molecular flexibility index (Phi) is 5.08. The largest absolute Gasteiger partial charge is 0.126 e. The van der Waals surface area contributed by atoms with Crippen molar-refractivity contribution in [3.05, 3.63) is 40.3 Å². The van der Waals surface area contributed by atoms with Gasteiger partial charge in [0.1, 0.15) is 0 Å². The van der Waals surface area contributed by atoms with Gasteiger partial charge in [-0.1, -0.05) is 31.1 Å². The van der Waals surface area contributed by atoms with Crippen molar-refractivity contribution in [3.63, 3.8) is 0 Å². The number of nitrogens with zero attached hydrogens (tertiary/aromatic N) is 3. The predicted molar refractivity (Wildman–Crippen MR) is 65.3 cm³/mol. The third-order valence-electron chi connectivity index (χ3n) is 2.07. The lowest BCUT2D eigenvalue weighted by Gasteiger charge is -2.05. The quantitative estimate of drug-likeness (QED) is 0.241. The maximum atomic E-state index is 8.11. The van der Waals surface area contributed by atoms with E-state index in [-0.39, 0.29) is 0 Å². The predicted octanol–water partition coefficient (Wildman–Crippen LogP) is 4.21. The maximum absolute atomic E-state index is 8.11. The van der Waals surface area contributed by atoms with E-state index in [2.05, 4.69) is 48.1 Å². The first-order chi connectivity index (χ1) is 7.24. The molecule has 0 aliphatic rings. The van der Waals surface area contributed by atoms with E-state index < -0.39 is 0 Å². The molecule has 3 nitrogen and oxygen atoms in total. The van der Waals surface area contributed by atoms with Gasteiger partial charge in [-0.05, 0) is 29.1 Å². The maximum Gasteiger partial charge on any atom is 0.0352 e. The molecule has 0 bridgehead atoms. The zero-order valence-corrected chi connectivity index (χ0v) is 9.87. The number of hydrogen-bond donors (Lipinski definition) is 0. The molecule has 0 fully saturated rings. The van der Waals surface area contributed by atoms with Crippen molar-refractivity contribution in [3.8, 4) is 0 Å². The molecule has 0 saturated carbocycles. The van der Waals surface area contributed by atoms with Gasteiger partial charge in [-0.3, -0.25) is 0 Å². The summed E-state index contributed by atoms with van der Waals surface area (Å²) < 4.78 is 0. The van der Waals surface area contributed by atoms with E-state index in [0.29, 0.717) is 12.5 Å². The molecule has 0 N–H and O–H groups in total. The summed E-state index contributed by atoms with van der Waals surface area (Å²) in [5.41, 5.74) is 9.47. The third kappa shape index (κ3) is 4.28. The van der Waals surface area contributed by atoms with Crippen LogP contribution in [0.5, 0.6) is 0 Å². The first kappa shape index (κ1) is 12.0. The minimum atomic E-state index is 0.549. The van der Waals surface area contributed by atoms with Crippen molar-refractivity contribution >= 4 is 11.8 Å². The number of azide groups is 1. The second kappa shape index (κ2) is 6.38. The molecule has 0 amide bonds. The van der Waals surface area contributed by atoms with Gasteiger partial charge in [0, 0.05) is 22.1 Å². The Balaban J connectivity index is 2.46. The van der Waals surface area contributed by atoms with Crippen LogP contribution in [0, 0.1) is 0 Å². The highest BCUT2D eigenvalue weighted by atomic mass is 32.2. The van der Waals surface area contributed by atoms with Crippen LogP contribution < -0.4 is 0 Å². The normalized spacial score (nSPS) is 10.1. The van der Waals surface area contributed by atoms with Crippen LogP contribution in [0.15, 0.2) is 34.3 Å². The van der Waals surface area contributed by atoms with E-state index >= 15 is 0 Å². The lowest BCUT2D eigenvalue weighted by atomic mass is 10.0. The highest BCUT2D eigenvalue weighted by Crippen LogP contribution is 2.21. The van der Waals surface area contributed by atoms with Crippen LogP contribution >= 0.6 is 11.8 Å². The molecule has 0 aromatic heterocycles. The zero-order chi connectivity index (χ0) is 11.1. The van der Waals surface area contributed by atoms with E-state index in [9.17, 15) is 0 Å². The smallest absolute Gasteiger partial charge is 0.0352 e. The summed E-state index contributed by atoms with van der Waals surface area (Å²) in [7, 11) is 0. The first-order valence-corrected chi connectivity index (χ1v) is 5.96. The van der Waals surface area contributed by atoms with Gasteiger partial charge in [-0.15, -0.1) is 11.8 Å². The fourth-order valence-corrected chi connectivity index (χ4v) is 1.94. The SMILES string of the molecule is CC(C)c1ccc(SCCN=[N+]=[N-])cc1. The van der Waals surface area contributed by atoms with Crippen LogP contribution in [0.4, 0.5) is 0 Å². The Morgan fingerprint density at radius 1 is 1.33 bits per heavy atom. The summed E-state index contributed by atoms with van der Waals surface area (Å²) in [6.45, 7) is 4.92. The van der Waals surface area contributed by atoms with E-state index in [1.165, 1.54) is 10.5 Å². The van der Waals surface area contributed by atoms with Crippen molar-refractivity contribution in [2.24, 2.45) is 5.11 Å². The van der Waals surface area contributed by atoms with Crippen LogP contribution in [0.1, 0.15) is 25.3 Å². The average molecular weight is 221 g/mol. The topological polar surface area (TPSA) is 48.8 Å². The number of thioether (sulfide) groups is 1. The molecule has 0 aliphatic heterocycles. The van der Waals surface area contributed by atoms with Crippen molar-refractivity contribution in [2.75, 3.05) is 12.3 Å². The van der Waals surface area contributed by atoms with Crippen LogP contribution in [-0.2, 0) is 0 Å². The van der Waals surface area contributed by atoms with Gasteiger partial charge >= 0.3 is 0 Å². The van der Waals surface area contributed by atoms with Gasteiger partial charge in [0.05, 0.1) is 0 Å². The van der Waals surface area contributed by atoms with Gasteiger partial charge in [0.2, 0.25) is 0 Å². The van der Waals surface area contributed by atoms with Crippen LogP contribution in [0.3, 0.4) is 0 Å². The van der Waals surface area contributed by atoms with Crippen molar-refractivity contribution in [1.82, 2.24) is 0 Å². The minimum Gasteiger partial charge on any atom is -0.126 e. The second-order valence-corrected chi connectivity index (χ2v) is 4.69. The Bertz CT molecular complexity index is 339. The number of rotatable bonds is 5. The average Bonchev–Trinajstić information content (AvgIpc) is 2.25. The molecule has 0 spiro atoms. The van der Waals surface area contributed by atoms with Crippen LogP contribution in [0.25, 0.3) is 10.4 Å². The summed E-state index contributed by atoms with van der Waals surface area (Å²) in [5.74, 6) is 1.41. The standard InChI is InChI=1S/C11H15N3S/c1-9(2)10-3-5-11(6-4-10)15-8-7-13-14-12/h3-6,9H,7-8H2,1-2H3. The monoisotopic (exact) mass is 221 g/mol. The Morgan fingerprint density at radius 3 is 2.53 bits per heavy atom. The molecule has 80 valence electrons. The summed E-state index contributed by atoms with van der Waals surface area (Å²) in [5, 5.41) is 3.49. The molecule has 0 aliphatic carbocycles. The lowest BCUT2D eigenvalue weighted by molar-refractivity contribution is 0.865. The van der Waals surface area contributed by atoms with Crippen molar-refractivity contribution < 1.29 is 0 Å². The van der Waals surface area contributed by atoms with Crippen molar-refractivity contribution in [1.29, 1.82) is 0 Å². The molecule has 0 atom stereocenters. The molecule has 1 rings (SSSR count). The molecule has 0 radical (unpaired) electrons.